The molecular weight excluding hydrogens is 326 g/mol. The van der Waals surface area contributed by atoms with Crippen LogP contribution in [0.25, 0.3) is 0 Å². The average molecular weight is 336 g/mol. The first-order valence-corrected chi connectivity index (χ1v) is 7.02. The van der Waals surface area contributed by atoms with Crippen molar-refractivity contribution in [3.63, 3.8) is 0 Å². The van der Waals surface area contributed by atoms with E-state index in [1.54, 1.807) is 24.3 Å². The highest BCUT2D eigenvalue weighted by Gasteiger charge is 2.17. The van der Waals surface area contributed by atoms with Gasteiger partial charge in [0.05, 0.1) is 17.5 Å². The predicted molar refractivity (Wildman–Crippen MR) is 82.2 cm³/mol. The fourth-order valence-corrected chi connectivity index (χ4v) is 2.73. The fraction of sp³-hybridized carbons (Fsp3) is 0.143. The van der Waals surface area contributed by atoms with Gasteiger partial charge < -0.3 is 4.74 Å². The van der Waals surface area contributed by atoms with Crippen LogP contribution in [0, 0.1) is 0 Å². The smallest absolute Gasteiger partial charge is 0.138 e. The molecule has 0 fully saturated rings. The minimum absolute atomic E-state index is 0.395. The molecule has 0 aliphatic rings. The second-order valence-electron chi connectivity index (χ2n) is 3.92. The van der Waals surface area contributed by atoms with Crippen LogP contribution < -0.4 is 4.74 Å². The quantitative estimate of drug-likeness (QED) is 0.626. The Morgan fingerprint density at radius 2 is 1.58 bits per heavy atom. The number of ether oxygens (including phenoxy) is 1. The van der Waals surface area contributed by atoms with E-state index in [-0.39, 0.29) is 0 Å². The Labute approximate surface area is 132 Å². The van der Waals surface area contributed by atoms with Gasteiger partial charge in [-0.15, -0.1) is 11.6 Å². The summed E-state index contributed by atoms with van der Waals surface area (Å²) < 4.78 is 5.11. The SMILES string of the molecule is COc1cc(Cl)c(C(Cl)c2ccc(Cl)cc2)cc1Cl. The molecule has 1 atom stereocenters. The highest BCUT2D eigenvalue weighted by Crippen LogP contribution is 2.39. The molecule has 0 aliphatic heterocycles. The standard InChI is InChI=1S/C14H10Cl4O/c1-19-13-7-11(16)10(6-12(13)17)14(18)8-2-4-9(15)5-3-8/h2-7,14H,1H3. The van der Waals surface area contributed by atoms with Gasteiger partial charge in [-0.2, -0.15) is 0 Å². The molecule has 0 aliphatic carbocycles. The summed E-state index contributed by atoms with van der Waals surface area (Å²) in [5, 5.41) is 1.25. The van der Waals surface area contributed by atoms with Crippen LogP contribution >= 0.6 is 46.4 Å². The second-order valence-corrected chi connectivity index (χ2v) is 5.61. The van der Waals surface area contributed by atoms with Gasteiger partial charge in [0.2, 0.25) is 0 Å². The molecule has 100 valence electrons. The summed E-state index contributed by atoms with van der Waals surface area (Å²) in [5.41, 5.74) is 1.63. The summed E-state index contributed by atoms with van der Waals surface area (Å²) in [4.78, 5) is 0. The molecule has 0 heterocycles. The number of rotatable bonds is 3. The van der Waals surface area contributed by atoms with Crippen molar-refractivity contribution in [3.8, 4) is 5.75 Å². The van der Waals surface area contributed by atoms with Crippen LogP contribution in [0.4, 0.5) is 0 Å². The minimum Gasteiger partial charge on any atom is -0.495 e. The van der Waals surface area contributed by atoms with E-state index in [4.69, 9.17) is 51.1 Å². The molecule has 0 saturated carbocycles. The molecule has 1 nitrogen and oxygen atoms in total. The second kappa shape index (κ2) is 6.23. The van der Waals surface area contributed by atoms with Crippen molar-refractivity contribution >= 4 is 46.4 Å². The molecule has 2 aromatic carbocycles. The topological polar surface area (TPSA) is 9.23 Å². The monoisotopic (exact) mass is 334 g/mol. The van der Waals surface area contributed by atoms with Crippen LogP contribution in [0.5, 0.6) is 5.75 Å². The lowest BCUT2D eigenvalue weighted by Crippen LogP contribution is -1.96. The normalized spacial score (nSPS) is 12.3. The minimum atomic E-state index is -0.395. The molecule has 19 heavy (non-hydrogen) atoms. The van der Waals surface area contributed by atoms with Crippen LogP contribution in [0.3, 0.4) is 0 Å². The molecular formula is C14H10Cl4O. The fourth-order valence-electron chi connectivity index (χ4n) is 1.71. The van der Waals surface area contributed by atoms with Crippen LogP contribution in [0.15, 0.2) is 36.4 Å². The van der Waals surface area contributed by atoms with Gasteiger partial charge in [-0.1, -0.05) is 46.9 Å². The van der Waals surface area contributed by atoms with E-state index in [0.29, 0.717) is 20.8 Å². The molecule has 0 aromatic heterocycles. The predicted octanol–water partition coefficient (Wildman–Crippen LogP) is 5.98. The lowest BCUT2D eigenvalue weighted by molar-refractivity contribution is 0.415. The lowest BCUT2D eigenvalue weighted by Gasteiger charge is -2.14. The van der Waals surface area contributed by atoms with E-state index in [1.807, 2.05) is 12.1 Å². The molecule has 1 unspecified atom stereocenters. The van der Waals surface area contributed by atoms with E-state index in [0.717, 1.165) is 11.1 Å². The third-order valence-corrected chi connectivity index (χ3v) is 4.07. The largest absolute Gasteiger partial charge is 0.495 e. The van der Waals surface area contributed by atoms with Crippen LogP contribution in [-0.4, -0.2) is 7.11 Å². The van der Waals surface area contributed by atoms with Gasteiger partial charge in [0.15, 0.2) is 0 Å². The zero-order chi connectivity index (χ0) is 14.0. The van der Waals surface area contributed by atoms with E-state index in [1.165, 1.54) is 7.11 Å². The van der Waals surface area contributed by atoms with Crippen LogP contribution in [-0.2, 0) is 0 Å². The maximum absolute atomic E-state index is 6.43. The van der Waals surface area contributed by atoms with Gasteiger partial charge in [0, 0.05) is 16.1 Å². The molecule has 0 bridgehead atoms. The van der Waals surface area contributed by atoms with Gasteiger partial charge in [0.1, 0.15) is 5.75 Å². The lowest BCUT2D eigenvalue weighted by atomic mass is 10.0. The van der Waals surface area contributed by atoms with Gasteiger partial charge in [0.25, 0.3) is 0 Å². The first kappa shape index (κ1) is 14.8. The Bertz CT molecular complexity index is 581. The summed E-state index contributed by atoms with van der Waals surface area (Å²) >= 11 is 24.6. The van der Waals surface area contributed by atoms with Crippen molar-refractivity contribution in [3.05, 3.63) is 62.6 Å². The molecule has 2 rings (SSSR count). The summed E-state index contributed by atoms with van der Waals surface area (Å²) in [6.45, 7) is 0. The number of methoxy groups -OCH3 is 1. The van der Waals surface area contributed by atoms with Crippen molar-refractivity contribution in [2.45, 2.75) is 5.38 Å². The zero-order valence-electron chi connectivity index (χ0n) is 9.96. The van der Waals surface area contributed by atoms with Gasteiger partial charge >= 0.3 is 0 Å². The number of benzene rings is 2. The maximum Gasteiger partial charge on any atom is 0.138 e. The van der Waals surface area contributed by atoms with E-state index < -0.39 is 5.38 Å². The molecule has 0 spiro atoms. The Kier molecular flexibility index (Phi) is 4.86. The summed E-state index contributed by atoms with van der Waals surface area (Å²) in [5.74, 6) is 0.524. The molecule has 0 amide bonds. The Balaban J connectivity index is 2.41. The zero-order valence-corrected chi connectivity index (χ0v) is 13.0. The van der Waals surface area contributed by atoms with E-state index >= 15 is 0 Å². The van der Waals surface area contributed by atoms with Crippen LogP contribution in [0.1, 0.15) is 16.5 Å². The number of alkyl halides is 1. The van der Waals surface area contributed by atoms with Gasteiger partial charge in [-0.05, 0) is 29.3 Å². The Morgan fingerprint density at radius 1 is 0.947 bits per heavy atom. The molecule has 0 radical (unpaired) electrons. The molecule has 2 aromatic rings. The summed E-state index contributed by atoms with van der Waals surface area (Å²) in [6.07, 6.45) is 0. The third-order valence-electron chi connectivity index (χ3n) is 2.71. The average Bonchev–Trinajstić information content (AvgIpc) is 2.41. The first-order chi connectivity index (χ1) is 9.02. The van der Waals surface area contributed by atoms with E-state index in [2.05, 4.69) is 0 Å². The van der Waals surface area contributed by atoms with Crippen molar-refractivity contribution in [2.24, 2.45) is 0 Å². The highest BCUT2D eigenvalue weighted by molar-refractivity contribution is 6.36. The molecule has 0 saturated heterocycles. The summed E-state index contributed by atoms with van der Waals surface area (Å²) in [6, 6.07) is 10.7. The maximum atomic E-state index is 6.43. The number of halogens is 4. The van der Waals surface area contributed by atoms with Gasteiger partial charge in [-0.25, -0.2) is 0 Å². The van der Waals surface area contributed by atoms with E-state index in [9.17, 15) is 0 Å². The summed E-state index contributed by atoms with van der Waals surface area (Å²) in [7, 11) is 1.54. The van der Waals surface area contributed by atoms with Crippen LogP contribution in [0.2, 0.25) is 15.1 Å². The highest BCUT2D eigenvalue weighted by atomic mass is 35.5. The number of hydrogen-bond acceptors (Lipinski definition) is 1. The number of hydrogen-bond donors (Lipinski definition) is 0. The van der Waals surface area contributed by atoms with Crippen molar-refractivity contribution in [2.75, 3.05) is 7.11 Å². The van der Waals surface area contributed by atoms with Crippen molar-refractivity contribution in [1.82, 2.24) is 0 Å². The van der Waals surface area contributed by atoms with Crippen molar-refractivity contribution < 1.29 is 4.74 Å². The van der Waals surface area contributed by atoms with Gasteiger partial charge in [-0.3, -0.25) is 0 Å². The third kappa shape index (κ3) is 3.29. The first-order valence-electron chi connectivity index (χ1n) is 5.45. The Morgan fingerprint density at radius 3 is 2.16 bits per heavy atom. The Hall–Kier alpha value is -0.600. The van der Waals surface area contributed by atoms with Crippen molar-refractivity contribution in [1.29, 1.82) is 0 Å². The molecule has 5 heteroatoms. The molecule has 0 N–H and O–H groups in total.